The second kappa shape index (κ2) is 7.10. The average Bonchev–Trinajstić information content (AvgIpc) is 2.85. The molecule has 0 radical (unpaired) electrons. The van der Waals surface area contributed by atoms with E-state index in [0.29, 0.717) is 12.1 Å². The molecule has 0 aromatic carbocycles. The number of nitrogens with zero attached hydrogens (tertiary/aromatic N) is 2. The monoisotopic (exact) mass is 294 g/mol. The summed E-state index contributed by atoms with van der Waals surface area (Å²) in [7, 11) is 0. The molecule has 3 aliphatic rings. The van der Waals surface area contributed by atoms with E-state index in [4.69, 9.17) is 0 Å². The third-order valence-electron chi connectivity index (χ3n) is 5.87. The van der Waals surface area contributed by atoms with Gasteiger partial charge in [0.05, 0.1) is 5.92 Å². The molecule has 3 unspecified atom stereocenters. The lowest BCUT2D eigenvalue weighted by atomic mass is 9.93. The highest BCUT2D eigenvalue weighted by molar-refractivity contribution is 5.71. The molecule has 3 atom stereocenters. The van der Waals surface area contributed by atoms with E-state index < -0.39 is 5.97 Å². The number of carboxylic acid groups (broad SMARTS) is 1. The van der Waals surface area contributed by atoms with Crippen molar-refractivity contribution in [3.8, 4) is 0 Å². The van der Waals surface area contributed by atoms with Crippen molar-refractivity contribution in [3.63, 3.8) is 0 Å². The van der Waals surface area contributed by atoms with Crippen LogP contribution in [0.3, 0.4) is 0 Å². The largest absolute Gasteiger partial charge is 0.481 e. The highest BCUT2D eigenvalue weighted by Crippen LogP contribution is 2.31. The lowest BCUT2D eigenvalue weighted by Gasteiger charge is -2.34. The third-order valence-corrected chi connectivity index (χ3v) is 5.87. The summed E-state index contributed by atoms with van der Waals surface area (Å²) in [6.07, 6.45) is 10.8. The van der Waals surface area contributed by atoms with Crippen LogP contribution in [0.15, 0.2) is 0 Å². The Morgan fingerprint density at radius 3 is 2.29 bits per heavy atom. The fraction of sp³-hybridized carbons (Fsp3) is 0.941. The first-order valence-corrected chi connectivity index (χ1v) is 8.96. The number of piperidine rings is 1. The van der Waals surface area contributed by atoms with Crippen LogP contribution < -0.4 is 0 Å². The van der Waals surface area contributed by atoms with Gasteiger partial charge in [-0.05, 0) is 45.2 Å². The molecule has 2 saturated heterocycles. The summed E-state index contributed by atoms with van der Waals surface area (Å²) in [6.45, 7) is 4.72. The van der Waals surface area contributed by atoms with Crippen LogP contribution in [0.4, 0.5) is 0 Å². The van der Waals surface area contributed by atoms with Gasteiger partial charge >= 0.3 is 5.97 Å². The standard InChI is InChI=1S/C17H30N2O2/c20-17(21)15-7-3-1-4-8-16(15)19-12-9-14(13-19)18-10-5-2-6-11-18/h14-16H,1-13H2,(H,20,21). The van der Waals surface area contributed by atoms with Crippen LogP contribution in [0.1, 0.15) is 57.8 Å². The molecule has 0 spiro atoms. The SMILES string of the molecule is O=C(O)C1CCCCCC1N1CCC(N2CCCCC2)C1. The second-order valence-corrected chi connectivity index (χ2v) is 7.18. The number of rotatable bonds is 3. The second-order valence-electron chi connectivity index (χ2n) is 7.18. The van der Waals surface area contributed by atoms with Crippen molar-refractivity contribution in [2.24, 2.45) is 5.92 Å². The van der Waals surface area contributed by atoms with Crippen molar-refractivity contribution in [1.82, 2.24) is 9.80 Å². The molecule has 21 heavy (non-hydrogen) atoms. The van der Waals surface area contributed by atoms with Crippen molar-refractivity contribution in [3.05, 3.63) is 0 Å². The van der Waals surface area contributed by atoms with Crippen molar-refractivity contribution < 1.29 is 9.90 Å². The molecule has 4 nitrogen and oxygen atoms in total. The minimum Gasteiger partial charge on any atom is -0.481 e. The molecule has 0 aromatic rings. The first-order valence-electron chi connectivity index (χ1n) is 8.96. The van der Waals surface area contributed by atoms with E-state index in [2.05, 4.69) is 9.80 Å². The van der Waals surface area contributed by atoms with Gasteiger partial charge in [0.2, 0.25) is 0 Å². The maximum atomic E-state index is 11.6. The molecule has 0 amide bonds. The average molecular weight is 294 g/mol. The van der Waals surface area contributed by atoms with Crippen LogP contribution in [-0.4, -0.2) is 59.1 Å². The van der Waals surface area contributed by atoms with Gasteiger partial charge in [-0.25, -0.2) is 0 Å². The number of likely N-dealkylation sites (tertiary alicyclic amines) is 2. The van der Waals surface area contributed by atoms with Crippen molar-refractivity contribution in [2.45, 2.75) is 69.9 Å². The van der Waals surface area contributed by atoms with Gasteiger partial charge in [0, 0.05) is 25.2 Å². The fourth-order valence-electron chi connectivity index (χ4n) is 4.66. The van der Waals surface area contributed by atoms with E-state index in [0.717, 1.165) is 32.4 Å². The smallest absolute Gasteiger partial charge is 0.308 e. The van der Waals surface area contributed by atoms with E-state index in [9.17, 15) is 9.90 Å². The predicted molar refractivity (Wildman–Crippen MR) is 83.4 cm³/mol. The number of hydrogen-bond donors (Lipinski definition) is 1. The Balaban J connectivity index is 1.61. The van der Waals surface area contributed by atoms with Gasteiger partial charge < -0.3 is 5.11 Å². The maximum Gasteiger partial charge on any atom is 0.308 e. The molecule has 0 bridgehead atoms. The molecular weight excluding hydrogens is 264 g/mol. The van der Waals surface area contributed by atoms with Crippen LogP contribution in [0, 0.1) is 5.92 Å². The van der Waals surface area contributed by atoms with E-state index in [1.165, 1.54) is 51.6 Å². The molecule has 0 aromatic heterocycles. The normalized spacial score (nSPS) is 36.5. The molecule has 1 aliphatic carbocycles. The summed E-state index contributed by atoms with van der Waals surface area (Å²) >= 11 is 0. The Morgan fingerprint density at radius 1 is 0.810 bits per heavy atom. The van der Waals surface area contributed by atoms with Crippen molar-refractivity contribution in [2.75, 3.05) is 26.2 Å². The minimum atomic E-state index is -0.566. The zero-order chi connectivity index (χ0) is 14.7. The molecule has 3 rings (SSSR count). The topological polar surface area (TPSA) is 43.8 Å². The van der Waals surface area contributed by atoms with E-state index >= 15 is 0 Å². The van der Waals surface area contributed by atoms with Crippen molar-refractivity contribution in [1.29, 1.82) is 0 Å². The third kappa shape index (κ3) is 3.59. The van der Waals surface area contributed by atoms with Crippen LogP contribution in [-0.2, 0) is 4.79 Å². The Kier molecular flexibility index (Phi) is 5.17. The van der Waals surface area contributed by atoms with Crippen LogP contribution in [0.2, 0.25) is 0 Å². The molecule has 2 aliphatic heterocycles. The highest BCUT2D eigenvalue weighted by atomic mass is 16.4. The number of carboxylic acids is 1. The fourth-order valence-corrected chi connectivity index (χ4v) is 4.66. The Labute approximate surface area is 128 Å². The zero-order valence-corrected chi connectivity index (χ0v) is 13.2. The minimum absolute atomic E-state index is 0.132. The van der Waals surface area contributed by atoms with E-state index in [-0.39, 0.29) is 5.92 Å². The van der Waals surface area contributed by atoms with Gasteiger partial charge in [-0.15, -0.1) is 0 Å². The Hall–Kier alpha value is -0.610. The van der Waals surface area contributed by atoms with E-state index in [1.54, 1.807) is 0 Å². The van der Waals surface area contributed by atoms with Gasteiger partial charge in [0.1, 0.15) is 0 Å². The summed E-state index contributed by atoms with van der Waals surface area (Å²) in [4.78, 5) is 16.8. The molecular formula is C17H30N2O2. The van der Waals surface area contributed by atoms with Gasteiger partial charge in [-0.2, -0.15) is 0 Å². The summed E-state index contributed by atoms with van der Waals surface area (Å²) in [5, 5.41) is 9.57. The van der Waals surface area contributed by atoms with Crippen LogP contribution in [0.25, 0.3) is 0 Å². The zero-order valence-electron chi connectivity index (χ0n) is 13.2. The summed E-state index contributed by atoms with van der Waals surface area (Å²) < 4.78 is 0. The molecule has 2 heterocycles. The molecule has 3 fully saturated rings. The first kappa shape index (κ1) is 15.3. The predicted octanol–water partition coefficient (Wildman–Crippen LogP) is 2.58. The number of hydrogen-bond acceptors (Lipinski definition) is 3. The number of aliphatic carboxylic acids is 1. The summed E-state index contributed by atoms with van der Waals surface area (Å²) in [6, 6.07) is 0.975. The first-order chi connectivity index (χ1) is 10.3. The van der Waals surface area contributed by atoms with Crippen molar-refractivity contribution >= 4 is 5.97 Å². The molecule has 1 N–H and O–H groups in total. The molecule has 4 heteroatoms. The molecule has 120 valence electrons. The van der Waals surface area contributed by atoms with Crippen LogP contribution in [0.5, 0.6) is 0 Å². The van der Waals surface area contributed by atoms with Gasteiger partial charge in [-0.3, -0.25) is 14.6 Å². The lowest BCUT2D eigenvalue weighted by molar-refractivity contribution is -0.144. The highest BCUT2D eigenvalue weighted by Gasteiger charge is 2.38. The van der Waals surface area contributed by atoms with Gasteiger partial charge in [0.25, 0.3) is 0 Å². The Morgan fingerprint density at radius 2 is 1.52 bits per heavy atom. The summed E-state index contributed by atoms with van der Waals surface area (Å²) in [5.41, 5.74) is 0. The van der Waals surface area contributed by atoms with Crippen LogP contribution >= 0.6 is 0 Å². The Bertz CT molecular complexity index is 355. The number of carbonyl (C=O) groups is 1. The lowest BCUT2D eigenvalue weighted by Crippen LogP contribution is -2.45. The van der Waals surface area contributed by atoms with Gasteiger partial charge in [-0.1, -0.05) is 25.7 Å². The summed E-state index contributed by atoms with van der Waals surface area (Å²) in [5.74, 6) is -0.698. The maximum absolute atomic E-state index is 11.6. The van der Waals surface area contributed by atoms with E-state index in [1.807, 2.05) is 0 Å². The molecule has 1 saturated carbocycles. The quantitative estimate of drug-likeness (QED) is 0.813. The van der Waals surface area contributed by atoms with Gasteiger partial charge in [0.15, 0.2) is 0 Å².